The number of hydrogen-bond acceptors (Lipinski definition) is 7. The van der Waals surface area contributed by atoms with Crippen molar-refractivity contribution in [2.75, 3.05) is 6.54 Å². The second kappa shape index (κ2) is 8.93. The quantitative estimate of drug-likeness (QED) is 0.384. The van der Waals surface area contributed by atoms with Crippen LogP contribution in [0.3, 0.4) is 0 Å². The molecular formula is C20H17N3O3S4. The van der Waals surface area contributed by atoms with Crippen LogP contribution in [-0.4, -0.2) is 42.1 Å². The number of carboxylic acid groups (broad SMARTS) is 1. The van der Waals surface area contributed by atoms with Gasteiger partial charge in [0.25, 0.3) is 5.91 Å². The lowest BCUT2D eigenvalue weighted by Gasteiger charge is -2.13. The molecule has 0 spiro atoms. The molecular weight excluding hydrogens is 459 g/mol. The van der Waals surface area contributed by atoms with Crippen molar-refractivity contribution in [3.63, 3.8) is 0 Å². The summed E-state index contributed by atoms with van der Waals surface area (Å²) >= 11 is 9.68. The van der Waals surface area contributed by atoms with Gasteiger partial charge in [-0.25, -0.2) is 4.98 Å². The fourth-order valence-electron chi connectivity index (χ4n) is 2.91. The number of fused-ring (bicyclic) bond motifs is 1. The highest BCUT2D eigenvalue weighted by Crippen LogP contribution is 2.37. The molecule has 0 saturated carbocycles. The predicted octanol–water partition coefficient (Wildman–Crippen LogP) is 4.92. The van der Waals surface area contributed by atoms with E-state index in [9.17, 15) is 9.59 Å². The van der Waals surface area contributed by atoms with Crippen molar-refractivity contribution in [1.82, 2.24) is 14.3 Å². The number of nitrogens with zero attached hydrogens (tertiary/aromatic N) is 3. The first-order chi connectivity index (χ1) is 14.4. The van der Waals surface area contributed by atoms with E-state index in [0.717, 1.165) is 20.6 Å². The summed E-state index contributed by atoms with van der Waals surface area (Å²) in [7, 11) is 0. The fourth-order valence-corrected chi connectivity index (χ4v) is 5.87. The van der Waals surface area contributed by atoms with Gasteiger partial charge in [0.2, 0.25) is 0 Å². The number of carboxylic acids is 1. The molecule has 154 valence electrons. The largest absolute Gasteiger partial charge is 0.481 e. The van der Waals surface area contributed by atoms with Crippen LogP contribution in [0.2, 0.25) is 0 Å². The Kier molecular flexibility index (Phi) is 6.28. The Morgan fingerprint density at radius 2 is 2.10 bits per heavy atom. The number of aryl methyl sites for hydroxylation is 1. The molecule has 3 aromatic rings. The maximum absolute atomic E-state index is 12.9. The third kappa shape index (κ3) is 4.46. The lowest BCUT2D eigenvalue weighted by molar-refractivity contribution is -0.137. The number of hydrogen-bond donors (Lipinski definition) is 1. The molecule has 0 unspecified atom stereocenters. The molecule has 4 rings (SSSR count). The summed E-state index contributed by atoms with van der Waals surface area (Å²) in [6.07, 6.45) is 4.14. The third-order valence-corrected chi connectivity index (χ3v) is 7.55. The number of rotatable bonds is 7. The zero-order valence-electron chi connectivity index (χ0n) is 15.9. The number of amides is 1. The molecule has 1 fully saturated rings. The van der Waals surface area contributed by atoms with Crippen LogP contribution in [0.5, 0.6) is 0 Å². The summed E-state index contributed by atoms with van der Waals surface area (Å²) in [6.45, 7) is 2.35. The Morgan fingerprint density at radius 3 is 2.83 bits per heavy atom. The van der Waals surface area contributed by atoms with E-state index in [2.05, 4.69) is 24.3 Å². The van der Waals surface area contributed by atoms with Crippen molar-refractivity contribution in [3.05, 3.63) is 52.0 Å². The molecule has 1 saturated heterocycles. The van der Waals surface area contributed by atoms with Gasteiger partial charge < -0.3 is 5.11 Å². The van der Waals surface area contributed by atoms with Gasteiger partial charge in [-0.15, -0.1) is 11.3 Å². The molecule has 3 heterocycles. The normalized spacial score (nSPS) is 15.6. The predicted molar refractivity (Wildman–Crippen MR) is 125 cm³/mol. The topological polar surface area (TPSA) is 74.9 Å². The maximum Gasteiger partial charge on any atom is 0.303 e. The molecule has 0 radical (unpaired) electrons. The molecule has 1 aliphatic rings. The van der Waals surface area contributed by atoms with E-state index < -0.39 is 5.97 Å². The highest BCUT2D eigenvalue weighted by molar-refractivity contribution is 8.26. The number of aromatic nitrogens is 2. The van der Waals surface area contributed by atoms with Crippen molar-refractivity contribution < 1.29 is 14.7 Å². The number of carbonyl (C=O) groups is 2. The van der Waals surface area contributed by atoms with Crippen LogP contribution in [0.15, 0.2) is 50.7 Å². The average molecular weight is 476 g/mol. The maximum atomic E-state index is 12.9. The van der Waals surface area contributed by atoms with Gasteiger partial charge >= 0.3 is 5.97 Å². The van der Waals surface area contributed by atoms with Gasteiger partial charge in [-0.3, -0.25) is 18.9 Å². The van der Waals surface area contributed by atoms with Crippen LogP contribution in [0.4, 0.5) is 0 Å². The zero-order chi connectivity index (χ0) is 21.3. The Labute approximate surface area is 191 Å². The lowest BCUT2D eigenvalue weighted by Crippen LogP contribution is -2.29. The van der Waals surface area contributed by atoms with Crippen molar-refractivity contribution in [2.24, 2.45) is 0 Å². The summed E-state index contributed by atoms with van der Waals surface area (Å²) < 4.78 is 2.42. The Hall–Kier alpha value is -2.14. The molecule has 6 nitrogen and oxygen atoms in total. The van der Waals surface area contributed by atoms with Crippen LogP contribution in [0.1, 0.15) is 24.1 Å². The average Bonchev–Trinajstić information content (AvgIpc) is 3.35. The number of thioether (sulfide) groups is 1. The summed E-state index contributed by atoms with van der Waals surface area (Å²) in [5, 5.41) is 11.6. The summed E-state index contributed by atoms with van der Waals surface area (Å²) in [4.78, 5) is 32.3. The third-order valence-electron chi connectivity index (χ3n) is 4.41. The van der Waals surface area contributed by atoms with Gasteiger partial charge in [-0.2, -0.15) is 0 Å². The minimum absolute atomic E-state index is 0.00555. The van der Waals surface area contributed by atoms with Crippen molar-refractivity contribution in [3.8, 4) is 0 Å². The van der Waals surface area contributed by atoms with E-state index in [0.29, 0.717) is 22.2 Å². The first-order valence-electron chi connectivity index (χ1n) is 9.09. The van der Waals surface area contributed by atoms with Crippen LogP contribution in [0, 0.1) is 6.92 Å². The minimum Gasteiger partial charge on any atom is -0.481 e. The SMILES string of the molecule is Cc1ccc(Sc2nc3sccn3c2C=C2SC(=S)N(CCCC(=O)O)C2=O)cc1. The number of thiazole rings is 1. The molecule has 0 atom stereocenters. The number of thiocarbonyl (C=S) groups is 1. The lowest BCUT2D eigenvalue weighted by atomic mass is 10.2. The van der Waals surface area contributed by atoms with Crippen LogP contribution in [-0.2, 0) is 9.59 Å². The first kappa shape index (κ1) is 21.1. The molecule has 1 aliphatic heterocycles. The van der Waals surface area contributed by atoms with E-state index in [4.69, 9.17) is 22.3 Å². The van der Waals surface area contributed by atoms with Gasteiger partial charge in [0.05, 0.1) is 10.6 Å². The van der Waals surface area contributed by atoms with Crippen molar-refractivity contribution in [1.29, 1.82) is 0 Å². The number of benzene rings is 1. The molecule has 10 heteroatoms. The van der Waals surface area contributed by atoms with Crippen molar-refractivity contribution in [2.45, 2.75) is 29.7 Å². The van der Waals surface area contributed by atoms with E-state index >= 15 is 0 Å². The highest BCUT2D eigenvalue weighted by atomic mass is 32.2. The van der Waals surface area contributed by atoms with Gasteiger partial charge in [-0.05, 0) is 31.6 Å². The molecule has 1 aromatic carbocycles. The number of carbonyl (C=O) groups excluding carboxylic acids is 1. The van der Waals surface area contributed by atoms with E-state index in [1.165, 1.54) is 33.6 Å². The second-order valence-electron chi connectivity index (χ2n) is 6.60. The Balaban J connectivity index is 1.62. The zero-order valence-corrected chi connectivity index (χ0v) is 19.2. The van der Waals surface area contributed by atoms with Crippen LogP contribution >= 0.6 is 47.1 Å². The summed E-state index contributed by atoms with van der Waals surface area (Å²) in [6, 6.07) is 8.23. The monoisotopic (exact) mass is 475 g/mol. The Morgan fingerprint density at radius 1 is 1.33 bits per heavy atom. The van der Waals surface area contributed by atoms with Gasteiger partial charge in [-0.1, -0.05) is 53.4 Å². The highest BCUT2D eigenvalue weighted by Gasteiger charge is 2.32. The van der Waals surface area contributed by atoms with Gasteiger partial charge in [0.1, 0.15) is 9.35 Å². The molecule has 30 heavy (non-hydrogen) atoms. The van der Waals surface area contributed by atoms with Gasteiger partial charge in [0, 0.05) is 29.4 Å². The standard InChI is InChI=1S/C20H17N3O3S4/c1-12-4-6-13(7-5-12)29-17-14(22-9-10-28-19(22)21-17)11-15-18(26)23(20(27)30-15)8-2-3-16(24)25/h4-7,9-11H,2-3,8H2,1H3,(H,24,25). The molecule has 1 N–H and O–H groups in total. The van der Waals surface area contributed by atoms with E-state index in [1.807, 2.05) is 29.0 Å². The fraction of sp³-hybridized carbons (Fsp3) is 0.200. The first-order valence-corrected chi connectivity index (χ1v) is 12.0. The molecule has 0 aliphatic carbocycles. The summed E-state index contributed by atoms with van der Waals surface area (Å²) in [5.74, 6) is -1.07. The Bertz CT molecular complexity index is 1160. The van der Waals surface area contributed by atoms with Crippen LogP contribution < -0.4 is 0 Å². The smallest absolute Gasteiger partial charge is 0.303 e. The second-order valence-corrected chi connectivity index (χ2v) is 10.2. The number of imidazole rings is 1. The minimum atomic E-state index is -0.882. The summed E-state index contributed by atoms with van der Waals surface area (Å²) in [5.41, 5.74) is 2.03. The van der Waals surface area contributed by atoms with E-state index in [-0.39, 0.29) is 12.3 Å². The number of aliphatic carboxylic acids is 1. The van der Waals surface area contributed by atoms with Crippen molar-refractivity contribution >= 4 is 74.3 Å². The van der Waals surface area contributed by atoms with Crippen LogP contribution in [0.25, 0.3) is 11.0 Å². The van der Waals surface area contributed by atoms with Gasteiger partial charge in [0.15, 0.2) is 4.96 Å². The molecule has 1 amide bonds. The molecule has 2 aromatic heterocycles. The molecule has 0 bridgehead atoms. The van der Waals surface area contributed by atoms with E-state index in [1.54, 1.807) is 11.8 Å².